The Kier molecular flexibility index (Phi) is 2.66. The minimum atomic E-state index is -0.544. The van der Waals surface area contributed by atoms with Crippen molar-refractivity contribution < 1.29 is 4.74 Å². The van der Waals surface area contributed by atoms with Gasteiger partial charge in [0.15, 0.2) is 10.8 Å². The Morgan fingerprint density at radius 1 is 1.39 bits per heavy atom. The highest BCUT2D eigenvalue weighted by molar-refractivity contribution is 7.80. The van der Waals surface area contributed by atoms with Crippen molar-refractivity contribution >= 4 is 40.5 Å². The van der Waals surface area contributed by atoms with E-state index in [2.05, 4.69) is 17.6 Å². The van der Waals surface area contributed by atoms with Crippen LogP contribution in [0.3, 0.4) is 0 Å². The summed E-state index contributed by atoms with van der Waals surface area (Å²) >= 11 is 17.5. The van der Waals surface area contributed by atoms with Crippen molar-refractivity contribution in [2.45, 2.75) is 25.6 Å². The van der Waals surface area contributed by atoms with Gasteiger partial charge in [-0.2, -0.15) is 0 Å². The molecule has 2 aliphatic heterocycles. The van der Waals surface area contributed by atoms with Crippen molar-refractivity contribution in [2.24, 2.45) is 5.92 Å². The van der Waals surface area contributed by atoms with Crippen molar-refractivity contribution in [1.29, 1.82) is 0 Å². The summed E-state index contributed by atoms with van der Waals surface area (Å²) in [5.41, 5.74) is 0.415. The second-order valence-electron chi connectivity index (χ2n) is 4.88. The predicted octanol–water partition coefficient (Wildman–Crippen LogP) is 3.26. The molecule has 0 aliphatic carbocycles. The normalized spacial score (nSPS) is 33.0. The van der Waals surface area contributed by atoms with Crippen LogP contribution in [0.25, 0.3) is 0 Å². The van der Waals surface area contributed by atoms with Crippen LogP contribution in [0.2, 0.25) is 10.0 Å². The molecule has 1 aromatic rings. The zero-order valence-electron chi connectivity index (χ0n) is 9.88. The number of nitrogens with one attached hydrogen (secondary N) is 2. The summed E-state index contributed by atoms with van der Waals surface area (Å²) in [5.74, 6) is 0.875. The molecule has 18 heavy (non-hydrogen) atoms. The Bertz CT molecular complexity index is 551. The lowest BCUT2D eigenvalue weighted by Gasteiger charge is -2.50. The molecular weight excluding hydrogens is 291 g/mol. The maximum Gasteiger partial charge on any atom is 0.184 e. The molecule has 0 radical (unpaired) electrons. The van der Waals surface area contributed by atoms with E-state index in [1.165, 1.54) is 0 Å². The summed E-state index contributed by atoms with van der Waals surface area (Å²) in [5, 5.41) is 8.13. The highest BCUT2D eigenvalue weighted by Gasteiger charge is 2.49. The van der Waals surface area contributed by atoms with Gasteiger partial charge in [0, 0.05) is 16.5 Å². The number of hydrogen-bond acceptors (Lipinski definition) is 2. The number of fused-ring (bicyclic) bond motifs is 4. The molecule has 1 aromatic carbocycles. The molecule has 3 rings (SSSR count). The SMILES string of the molecule is CC1C2NC(=S)NC1(C)Oc1c(Cl)cc(Cl)cc12. The summed E-state index contributed by atoms with van der Waals surface area (Å²) in [6, 6.07) is 3.63. The molecule has 3 atom stereocenters. The number of halogens is 2. The fraction of sp³-hybridized carbons (Fsp3) is 0.417. The summed E-state index contributed by atoms with van der Waals surface area (Å²) in [4.78, 5) is 0. The van der Waals surface area contributed by atoms with Gasteiger partial charge >= 0.3 is 0 Å². The van der Waals surface area contributed by atoms with E-state index < -0.39 is 5.72 Å². The largest absolute Gasteiger partial charge is 0.466 e. The molecular formula is C12H12Cl2N2OS. The van der Waals surface area contributed by atoms with Gasteiger partial charge in [0.2, 0.25) is 0 Å². The number of rotatable bonds is 0. The summed E-state index contributed by atoms with van der Waals surface area (Å²) in [6.07, 6.45) is 0. The zero-order chi connectivity index (χ0) is 13.1. The molecule has 1 fully saturated rings. The van der Waals surface area contributed by atoms with Gasteiger partial charge in [0.05, 0.1) is 11.1 Å². The van der Waals surface area contributed by atoms with E-state index >= 15 is 0 Å². The summed E-state index contributed by atoms with van der Waals surface area (Å²) < 4.78 is 6.03. The van der Waals surface area contributed by atoms with E-state index in [-0.39, 0.29) is 12.0 Å². The average Bonchev–Trinajstić information content (AvgIpc) is 2.25. The van der Waals surface area contributed by atoms with Crippen LogP contribution in [0, 0.1) is 5.92 Å². The molecule has 2 N–H and O–H groups in total. The number of benzene rings is 1. The van der Waals surface area contributed by atoms with Crippen LogP contribution < -0.4 is 15.4 Å². The van der Waals surface area contributed by atoms with Gasteiger partial charge in [-0.15, -0.1) is 0 Å². The van der Waals surface area contributed by atoms with Gasteiger partial charge in [0.1, 0.15) is 5.75 Å². The number of hydrogen-bond donors (Lipinski definition) is 2. The van der Waals surface area contributed by atoms with Crippen molar-refractivity contribution in [3.05, 3.63) is 27.7 Å². The Labute approximate surface area is 121 Å². The summed E-state index contributed by atoms with van der Waals surface area (Å²) in [6.45, 7) is 4.08. The molecule has 96 valence electrons. The topological polar surface area (TPSA) is 33.3 Å². The molecule has 3 unspecified atom stereocenters. The molecule has 0 aromatic heterocycles. The van der Waals surface area contributed by atoms with Crippen LogP contribution >= 0.6 is 35.4 Å². The van der Waals surface area contributed by atoms with E-state index in [0.717, 1.165) is 5.56 Å². The second-order valence-corrected chi connectivity index (χ2v) is 6.13. The maximum atomic E-state index is 6.21. The smallest absolute Gasteiger partial charge is 0.184 e. The third-order valence-corrected chi connectivity index (χ3v) is 4.42. The lowest BCUT2D eigenvalue weighted by Crippen LogP contribution is -2.67. The van der Waals surface area contributed by atoms with Crippen molar-refractivity contribution in [2.75, 3.05) is 0 Å². The first-order valence-corrected chi connectivity index (χ1v) is 6.84. The van der Waals surface area contributed by atoms with E-state index in [1.54, 1.807) is 6.07 Å². The molecule has 2 aliphatic rings. The monoisotopic (exact) mass is 302 g/mol. The predicted molar refractivity (Wildman–Crippen MR) is 76.3 cm³/mol. The fourth-order valence-electron chi connectivity index (χ4n) is 2.56. The van der Waals surface area contributed by atoms with Crippen LogP contribution in [-0.4, -0.2) is 10.8 Å². The quantitative estimate of drug-likeness (QED) is 0.721. The van der Waals surface area contributed by atoms with Crippen LogP contribution in [0.5, 0.6) is 5.75 Å². The Hall–Kier alpha value is -0.710. The number of thiocarbonyl (C=S) groups is 1. The van der Waals surface area contributed by atoms with Crippen LogP contribution in [0.4, 0.5) is 0 Å². The highest BCUT2D eigenvalue weighted by Crippen LogP contribution is 2.48. The van der Waals surface area contributed by atoms with Gasteiger partial charge in [-0.3, -0.25) is 0 Å². The molecule has 6 heteroatoms. The third-order valence-electron chi connectivity index (χ3n) is 3.70. The Morgan fingerprint density at radius 2 is 2.11 bits per heavy atom. The third kappa shape index (κ3) is 1.67. The maximum absolute atomic E-state index is 6.21. The van der Waals surface area contributed by atoms with Gasteiger partial charge < -0.3 is 15.4 Å². The first-order valence-electron chi connectivity index (χ1n) is 5.67. The van der Waals surface area contributed by atoms with E-state index in [0.29, 0.717) is 20.9 Å². The fourth-order valence-corrected chi connectivity index (χ4v) is 3.43. The molecule has 2 heterocycles. The van der Waals surface area contributed by atoms with Gasteiger partial charge in [-0.05, 0) is 31.3 Å². The van der Waals surface area contributed by atoms with Crippen molar-refractivity contribution in [3.63, 3.8) is 0 Å². The molecule has 0 amide bonds. The average molecular weight is 303 g/mol. The van der Waals surface area contributed by atoms with E-state index in [9.17, 15) is 0 Å². The second kappa shape index (κ2) is 3.89. The van der Waals surface area contributed by atoms with Crippen molar-refractivity contribution in [1.82, 2.24) is 10.6 Å². The highest BCUT2D eigenvalue weighted by atomic mass is 35.5. The minimum absolute atomic E-state index is 0.0590. The number of ether oxygens (including phenoxy) is 1. The van der Waals surface area contributed by atoms with E-state index in [4.69, 9.17) is 40.2 Å². The first kappa shape index (κ1) is 12.3. The van der Waals surface area contributed by atoms with E-state index in [1.807, 2.05) is 13.0 Å². The van der Waals surface area contributed by atoms with Gasteiger partial charge in [-0.1, -0.05) is 30.1 Å². The van der Waals surface area contributed by atoms with Crippen LogP contribution in [0.15, 0.2) is 12.1 Å². The Morgan fingerprint density at radius 3 is 2.83 bits per heavy atom. The Balaban J connectivity index is 2.20. The van der Waals surface area contributed by atoms with Crippen LogP contribution in [0.1, 0.15) is 25.5 Å². The standard InChI is InChI=1S/C12H12Cl2N2OS/c1-5-9-7-3-6(13)4-8(14)10(7)17-12(5,2)16-11(18)15-9/h3-5,9H,1-2H3,(H2,15,16,18). The first-order chi connectivity index (χ1) is 8.40. The molecule has 1 saturated heterocycles. The summed E-state index contributed by atoms with van der Waals surface area (Å²) in [7, 11) is 0. The minimum Gasteiger partial charge on any atom is -0.466 e. The molecule has 2 bridgehead atoms. The van der Waals surface area contributed by atoms with Gasteiger partial charge in [0.25, 0.3) is 0 Å². The lowest BCUT2D eigenvalue weighted by atomic mass is 9.82. The lowest BCUT2D eigenvalue weighted by molar-refractivity contribution is -0.0262. The zero-order valence-corrected chi connectivity index (χ0v) is 12.2. The van der Waals surface area contributed by atoms with Crippen molar-refractivity contribution in [3.8, 4) is 5.75 Å². The molecule has 3 nitrogen and oxygen atoms in total. The van der Waals surface area contributed by atoms with Crippen LogP contribution in [-0.2, 0) is 0 Å². The molecule has 0 spiro atoms. The van der Waals surface area contributed by atoms with Gasteiger partial charge in [-0.25, -0.2) is 0 Å². The molecule has 0 saturated carbocycles.